The summed E-state index contributed by atoms with van der Waals surface area (Å²) in [6, 6.07) is 5.99. The number of ether oxygens (including phenoxy) is 1. The van der Waals surface area contributed by atoms with Gasteiger partial charge < -0.3 is 15.0 Å². The number of carbonyl (C=O) groups excluding carboxylic acids is 1. The van der Waals surface area contributed by atoms with Gasteiger partial charge in [-0.05, 0) is 18.6 Å². The number of nitrogens with zero attached hydrogens (tertiary/aromatic N) is 1. The fourth-order valence-corrected chi connectivity index (χ4v) is 2.77. The molecule has 2 aliphatic heterocycles. The van der Waals surface area contributed by atoms with Crippen LogP contribution in [-0.4, -0.2) is 43.6 Å². The molecular formula is C13H16N2O2. The van der Waals surface area contributed by atoms with Crippen molar-refractivity contribution in [2.75, 3.05) is 26.7 Å². The molecule has 0 bridgehead atoms. The molecule has 1 N–H and O–H groups in total. The smallest absolute Gasteiger partial charge is 0.254 e. The number of amides is 1. The van der Waals surface area contributed by atoms with E-state index < -0.39 is 0 Å². The van der Waals surface area contributed by atoms with Crippen LogP contribution in [0.3, 0.4) is 0 Å². The van der Waals surface area contributed by atoms with Gasteiger partial charge in [-0.15, -0.1) is 0 Å². The third kappa shape index (κ3) is 1.60. The molecule has 2 aliphatic rings. The van der Waals surface area contributed by atoms with E-state index in [2.05, 4.69) is 5.32 Å². The second kappa shape index (κ2) is 4.04. The SMILES string of the molecule is COc1cccc2c1C[C@@H]1CNCCN1C2=O. The summed E-state index contributed by atoms with van der Waals surface area (Å²) >= 11 is 0. The van der Waals surface area contributed by atoms with Crippen LogP contribution in [0.4, 0.5) is 0 Å². The molecule has 0 radical (unpaired) electrons. The summed E-state index contributed by atoms with van der Waals surface area (Å²) in [6.45, 7) is 2.57. The average Bonchev–Trinajstić information content (AvgIpc) is 2.38. The molecule has 1 atom stereocenters. The number of rotatable bonds is 1. The third-order valence-corrected chi connectivity index (χ3v) is 3.63. The van der Waals surface area contributed by atoms with Crippen LogP contribution in [0.15, 0.2) is 18.2 Å². The zero-order valence-corrected chi connectivity index (χ0v) is 9.90. The Morgan fingerprint density at radius 2 is 2.35 bits per heavy atom. The maximum Gasteiger partial charge on any atom is 0.254 e. The number of fused-ring (bicyclic) bond motifs is 2. The number of hydrogen-bond acceptors (Lipinski definition) is 3. The normalized spacial score (nSPS) is 23.0. The molecule has 17 heavy (non-hydrogen) atoms. The van der Waals surface area contributed by atoms with Crippen LogP contribution in [0.25, 0.3) is 0 Å². The van der Waals surface area contributed by atoms with Crippen molar-refractivity contribution in [3.63, 3.8) is 0 Å². The minimum absolute atomic E-state index is 0.150. The first-order chi connectivity index (χ1) is 8.31. The van der Waals surface area contributed by atoms with Crippen molar-refractivity contribution in [2.24, 2.45) is 0 Å². The molecule has 1 aromatic rings. The molecule has 1 saturated heterocycles. The highest BCUT2D eigenvalue weighted by molar-refractivity contribution is 5.97. The number of hydrogen-bond donors (Lipinski definition) is 1. The molecule has 1 amide bonds. The molecule has 4 heteroatoms. The molecule has 0 saturated carbocycles. The second-order valence-electron chi connectivity index (χ2n) is 4.55. The monoisotopic (exact) mass is 232 g/mol. The average molecular weight is 232 g/mol. The fraction of sp³-hybridized carbons (Fsp3) is 0.462. The minimum atomic E-state index is 0.150. The Kier molecular flexibility index (Phi) is 2.52. The van der Waals surface area contributed by atoms with E-state index in [1.54, 1.807) is 7.11 Å². The lowest BCUT2D eigenvalue weighted by Gasteiger charge is -2.40. The lowest BCUT2D eigenvalue weighted by Crippen LogP contribution is -2.56. The molecule has 2 heterocycles. The molecular weight excluding hydrogens is 216 g/mol. The molecule has 4 nitrogen and oxygen atoms in total. The Morgan fingerprint density at radius 3 is 3.18 bits per heavy atom. The van der Waals surface area contributed by atoms with Crippen molar-refractivity contribution in [1.29, 1.82) is 0 Å². The van der Waals surface area contributed by atoms with Gasteiger partial charge in [0.2, 0.25) is 0 Å². The second-order valence-corrected chi connectivity index (χ2v) is 4.55. The van der Waals surface area contributed by atoms with Crippen molar-refractivity contribution in [1.82, 2.24) is 10.2 Å². The Labute approximate surface area is 101 Å². The van der Waals surface area contributed by atoms with E-state index in [4.69, 9.17) is 4.74 Å². The van der Waals surface area contributed by atoms with Gasteiger partial charge in [-0.1, -0.05) is 6.07 Å². The standard InChI is InChI=1S/C13H16N2O2/c1-17-12-4-2-3-10-11(12)7-9-8-14-5-6-15(9)13(10)16/h2-4,9,14H,5-8H2,1H3/t9-/m1/s1. The summed E-state index contributed by atoms with van der Waals surface area (Å²) < 4.78 is 5.35. The van der Waals surface area contributed by atoms with Crippen LogP contribution in [0, 0.1) is 0 Å². The van der Waals surface area contributed by atoms with E-state index in [1.807, 2.05) is 23.1 Å². The number of carbonyl (C=O) groups is 1. The highest BCUT2D eigenvalue weighted by atomic mass is 16.5. The molecule has 0 unspecified atom stereocenters. The summed E-state index contributed by atoms with van der Waals surface area (Å²) in [7, 11) is 1.66. The Morgan fingerprint density at radius 1 is 1.47 bits per heavy atom. The van der Waals surface area contributed by atoms with Gasteiger partial charge in [0.1, 0.15) is 5.75 Å². The fourth-order valence-electron chi connectivity index (χ4n) is 2.77. The molecule has 0 spiro atoms. The highest BCUT2D eigenvalue weighted by Gasteiger charge is 2.34. The topological polar surface area (TPSA) is 41.6 Å². The summed E-state index contributed by atoms with van der Waals surface area (Å²) in [5, 5.41) is 3.34. The summed E-state index contributed by atoms with van der Waals surface area (Å²) in [4.78, 5) is 14.3. The summed E-state index contributed by atoms with van der Waals surface area (Å²) in [5.74, 6) is 0.984. The van der Waals surface area contributed by atoms with Gasteiger partial charge in [0.15, 0.2) is 0 Å². The van der Waals surface area contributed by atoms with Gasteiger partial charge in [-0.2, -0.15) is 0 Å². The Bertz CT molecular complexity index is 459. The van der Waals surface area contributed by atoms with Gasteiger partial charge in [0.05, 0.1) is 7.11 Å². The third-order valence-electron chi connectivity index (χ3n) is 3.63. The molecule has 0 aromatic heterocycles. The van der Waals surface area contributed by atoms with Crippen molar-refractivity contribution >= 4 is 5.91 Å². The van der Waals surface area contributed by atoms with Crippen molar-refractivity contribution in [3.05, 3.63) is 29.3 Å². The Hall–Kier alpha value is -1.55. The minimum Gasteiger partial charge on any atom is -0.496 e. The van der Waals surface area contributed by atoms with E-state index in [0.29, 0.717) is 0 Å². The van der Waals surface area contributed by atoms with Gasteiger partial charge >= 0.3 is 0 Å². The maximum absolute atomic E-state index is 12.4. The van der Waals surface area contributed by atoms with Crippen LogP contribution < -0.4 is 10.1 Å². The predicted molar refractivity (Wildman–Crippen MR) is 64.4 cm³/mol. The number of piperazine rings is 1. The molecule has 3 rings (SSSR count). The van der Waals surface area contributed by atoms with Gasteiger partial charge in [0.25, 0.3) is 5.91 Å². The van der Waals surface area contributed by atoms with Crippen LogP contribution in [-0.2, 0) is 6.42 Å². The largest absolute Gasteiger partial charge is 0.496 e. The van der Waals surface area contributed by atoms with Crippen LogP contribution in [0.1, 0.15) is 15.9 Å². The van der Waals surface area contributed by atoms with E-state index in [-0.39, 0.29) is 11.9 Å². The van der Waals surface area contributed by atoms with Gasteiger partial charge in [-0.3, -0.25) is 4.79 Å². The van der Waals surface area contributed by atoms with Crippen molar-refractivity contribution in [2.45, 2.75) is 12.5 Å². The zero-order valence-electron chi connectivity index (χ0n) is 9.90. The van der Waals surface area contributed by atoms with E-state index >= 15 is 0 Å². The number of methoxy groups -OCH3 is 1. The Balaban J connectivity index is 2.05. The molecule has 0 aliphatic carbocycles. The molecule has 1 fully saturated rings. The lowest BCUT2D eigenvalue weighted by atomic mass is 9.91. The number of nitrogens with one attached hydrogen (secondary N) is 1. The first kappa shape index (κ1) is 10.6. The van der Waals surface area contributed by atoms with Crippen molar-refractivity contribution < 1.29 is 9.53 Å². The first-order valence-corrected chi connectivity index (χ1v) is 5.99. The maximum atomic E-state index is 12.4. The molecule has 1 aromatic carbocycles. The van der Waals surface area contributed by atoms with Crippen LogP contribution >= 0.6 is 0 Å². The lowest BCUT2D eigenvalue weighted by molar-refractivity contribution is 0.0604. The van der Waals surface area contributed by atoms with Gasteiger partial charge in [-0.25, -0.2) is 0 Å². The van der Waals surface area contributed by atoms with Crippen molar-refractivity contribution in [3.8, 4) is 5.75 Å². The number of benzene rings is 1. The van der Waals surface area contributed by atoms with Crippen LogP contribution in [0.5, 0.6) is 5.75 Å². The summed E-state index contributed by atoms with van der Waals surface area (Å²) in [5.41, 5.74) is 1.87. The summed E-state index contributed by atoms with van der Waals surface area (Å²) in [6.07, 6.45) is 0.887. The van der Waals surface area contributed by atoms with E-state index in [9.17, 15) is 4.79 Å². The zero-order chi connectivity index (χ0) is 11.8. The highest BCUT2D eigenvalue weighted by Crippen LogP contribution is 2.30. The molecule has 90 valence electrons. The van der Waals surface area contributed by atoms with Crippen LogP contribution in [0.2, 0.25) is 0 Å². The van der Waals surface area contributed by atoms with Gasteiger partial charge in [0, 0.05) is 36.8 Å². The van der Waals surface area contributed by atoms with E-state index in [1.165, 1.54) is 0 Å². The predicted octanol–water partition coefficient (Wildman–Crippen LogP) is 0.665. The first-order valence-electron chi connectivity index (χ1n) is 5.99. The van der Waals surface area contributed by atoms with E-state index in [0.717, 1.165) is 42.9 Å². The quantitative estimate of drug-likeness (QED) is 0.773.